The number of hydrogen-bond donors (Lipinski definition) is 1. The molecule has 0 radical (unpaired) electrons. The number of carbonyl (C=O) groups excluding carboxylic acids is 1. The predicted octanol–water partition coefficient (Wildman–Crippen LogP) is 2.04. The molecule has 1 aromatic rings. The number of halogens is 1. The molecule has 2 N–H and O–H groups in total. The third-order valence-electron chi connectivity index (χ3n) is 1.51. The Morgan fingerprint density at radius 3 is 2.73 bits per heavy atom. The molecule has 3 heteroatoms. The predicted molar refractivity (Wildman–Crippen MR) is 46.0 cm³/mol. The fraction of sp³-hybridized carbons (Fsp3) is 0.125. The zero-order valence-electron chi connectivity index (χ0n) is 6.10. The molecule has 0 bridgehead atoms. The average Bonchev–Trinajstić information content (AvgIpc) is 1.97. The monoisotopic (exact) mass is 169 g/mol. The number of anilines is 1. The molecule has 58 valence electrons. The highest BCUT2D eigenvalue weighted by Gasteiger charge is 2.01. The number of nitrogen functional groups attached to an aromatic ring is 1. The van der Waals surface area contributed by atoms with Crippen molar-refractivity contribution in [3.05, 3.63) is 28.3 Å². The summed E-state index contributed by atoms with van der Waals surface area (Å²) in [5.41, 5.74) is 7.35. The van der Waals surface area contributed by atoms with Gasteiger partial charge < -0.3 is 5.73 Å². The Kier molecular flexibility index (Phi) is 2.15. The lowest BCUT2D eigenvalue weighted by molar-refractivity contribution is 0.112. The number of rotatable bonds is 1. The molecule has 0 amide bonds. The van der Waals surface area contributed by atoms with Crippen LogP contribution in [0, 0.1) is 6.92 Å². The van der Waals surface area contributed by atoms with E-state index in [2.05, 4.69) is 0 Å². The largest absolute Gasteiger partial charge is 0.398 e. The van der Waals surface area contributed by atoms with Gasteiger partial charge in [-0.3, -0.25) is 4.79 Å². The van der Waals surface area contributed by atoms with Gasteiger partial charge in [-0.2, -0.15) is 0 Å². The molecule has 1 aromatic carbocycles. The van der Waals surface area contributed by atoms with Gasteiger partial charge in [0.05, 0.1) is 10.7 Å². The molecule has 0 aliphatic heterocycles. The summed E-state index contributed by atoms with van der Waals surface area (Å²) < 4.78 is 0. The molecule has 2 nitrogen and oxygen atoms in total. The number of aryl methyl sites for hydroxylation is 1. The van der Waals surface area contributed by atoms with E-state index in [9.17, 15) is 4.79 Å². The van der Waals surface area contributed by atoms with Gasteiger partial charge in [-0.15, -0.1) is 0 Å². The molecule has 0 aromatic heterocycles. The minimum Gasteiger partial charge on any atom is -0.398 e. The van der Waals surface area contributed by atoms with E-state index in [0.717, 1.165) is 11.8 Å². The normalized spacial score (nSPS) is 9.64. The van der Waals surface area contributed by atoms with Gasteiger partial charge >= 0.3 is 0 Å². The van der Waals surface area contributed by atoms with Crippen LogP contribution in [0.4, 0.5) is 5.69 Å². The van der Waals surface area contributed by atoms with E-state index in [-0.39, 0.29) is 0 Å². The summed E-state index contributed by atoms with van der Waals surface area (Å²) in [6.07, 6.45) is 0.766. The fourth-order valence-corrected chi connectivity index (χ4v) is 1.05. The van der Waals surface area contributed by atoms with E-state index in [1.54, 1.807) is 12.1 Å². The zero-order valence-corrected chi connectivity index (χ0v) is 6.85. The first-order valence-electron chi connectivity index (χ1n) is 3.16. The van der Waals surface area contributed by atoms with Gasteiger partial charge in [0.2, 0.25) is 0 Å². The minimum atomic E-state index is 0.444. The van der Waals surface area contributed by atoms with Gasteiger partial charge in [0.25, 0.3) is 0 Å². The molecule has 0 saturated carbocycles. The molecular weight excluding hydrogens is 162 g/mol. The fourth-order valence-electron chi connectivity index (χ4n) is 0.834. The Bertz CT molecular complexity index is 296. The van der Waals surface area contributed by atoms with Crippen LogP contribution >= 0.6 is 11.6 Å². The van der Waals surface area contributed by atoms with Crippen molar-refractivity contribution in [3.8, 4) is 0 Å². The van der Waals surface area contributed by atoms with Crippen LogP contribution in [0.2, 0.25) is 5.02 Å². The number of benzene rings is 1. The Morgan fingerprint density at radius 2 is 2.18 bits per heavy atom. The highest BCUT2D eigenvalue weighted by atomic mass is 35.5. The smallest absolute Gasteiger partial charge is 0.150 e. The van der Waals surface area contributed by atoms with Crippen molar-refractivity contribution in [3.63, 3.8) is 0 Å². The Balaban J connectivity index is 3.31. The zero-order chi connectivity index (χ0) is 8.43. The SMILES string of the molecule is Cc1cc(Cl)c(N)cc1C=O. The summed E-state index contributed by atoms with van der Waals surface area (Å²) in [6.45, 7) is 1.81. The Labute approximate surface area is 70.0 Å². The van der Waals surface area contributed by atoms with Crippen LogP contribution in [0.3, 0.4) is 0 Å². The summed E-state index contributed by atoms with van der Waals surface area (Å²) in [5.74, 6) is 0. The summed E-state index contributed by atoms with van der Waals surface area (Å²) >= 11 is 5.70. The van der Waals surface area contributed by atoms with Crippen molar-refractivity contribution in [2.45, 2.75) is 6.92 Å². The second-order valence-corrected chi connectivity index (χ2v) is 2.76. The van der Waals surface area contributed by atoms with Crippen LogP contribution < -0.4 is 5.73 Å². The van der Waals surface area contributed by atoms with Crippen molar-refractivity contribution in [1.82, 2.24) is 0 Å². The first-order valence-corrected chi connectivity index (χ1v) is 3.53. The number of carbonyl (C=O) groups is 1. The highest BCUT2D eigenvalue weighted by Crippen LogP contribution is 2.21. The molecular formula is C8H8ClNO. The molecule has 0 atom stereocenters. The van der Waals surface area contributed by atoms with Crippen LogP contribution in [-0.4, -0.2) is 6.29 Å². The first-order chi connectivity index (χ1) is 5.15. The van der Waals surface area contributed by atoms with Crippen molar-refractivity contribution < 1.29 is 4.79 Å². The van der Waals surface area contributed by atoms with Crippen LogP contribution in [0.25, 0.3) is 0 Å². The van der Waals surface area contributed by atoms with Crippen LogP contribution in [-0.2, 0) is 0 Å². The lowest BCUT2D eigenvalue weighted by Gasteiger charge is -2.01. The van der Waals surface area contributed by atoms with E-state index >= 15 is 0 Å². The van der Waals surface area contributed by atoms with Crippen molar-refractivity contribution in [2.24, 2.45) is 0 Å². The lowest BCUT2D eigenvalue weighted by atomic mass is 10.1. The Hall–Kier alpha value is -1.02. The third kappa shape index (κ3) is 1.52. The number of nitrogens with two attached hydrogens (primary N) is 1. The summed E-state index contributed by atoms with van der Waals surface area (Å²) in [6, 6.07) is 3.26. The second-order valence-electron chi connectivity index (χ2n) is 2.35. The number of aldehydes is 1. The molecule has 0 fully saturated rings. The molecule has 0 aliphatic rings. The minimum absolute atomic E-state index is 0.444. The molecule has 11 heavy (non-hydrogen) atoms. The quantitative estimate of drug-likeness (QED) is 0.517. The average molecular weight is 170 g/mol. The van der Waals surface area contributed by atoms with Crippen LogP contribution in [0.1, 0.15) is 15.9 Å². The second kappa shape index (κ2) is 2.93. The molecule has 0 saturated heterocycles. The van der Waals surface area contributed by atoms with Gasteiger partial charge in [-0.25, -0.2) is 0 Å². The van der Waals surface area contributed by atoms with Crippen LogP contribution in [0.15, 0.2) is 12.1 Å². The lowest BCUT2D eigenvalue weighted by Crippen LogP contribution is -1.92. The van der Waals surface area contributed by atoms with Crippen LogP contribution in [0.5, 0.6) is 0 Å². The van der Waals surface area contributed by atoms with Crippen molar-refractivity contribution >= 4 is 23.6 Å². The van der Waals surface area contributed by atoms with E-state index < -0.39 is 0 Å². The van der Waals surface area contributed by atoms with E-state index in [1.807, 2.05) is 6.92 Å². The van der Waals surface area contributed by atoms with E-state index in [0.29, 0.717) is 16.3 Å². The standard InChI is InChI=1S/C8H8ClNO/c1-5-2-7(9)8(10)3-6(5)4-11/h2-4H,10H2,1H3. The highest BCUT2D eigenvalue weighted by molar-refractivity contribution is 6.33. The van der Waals surface area contributed by atoms with Gasteiger partial charge in [-0.05, 0) is 24.6 Å². The first kappa shape index (κ1) is 8.08. The molecule has 1 rings (SSSR count). The van der Waals surface area contributed by atoms with Gasteiger partial charge in [0, 0.05) is 5.56 Å². The van der Waals surface area contributed by atoms with Crippen molar-refractivity contribution in [2.75, 3.05) is 5.73 Å². The molecule has 0 aliphatic carbocycles. The maximum absolute atomic E-state index is 10.4. The maximum atomic E-state index is 10.4. The van der Waals surface area contributed by atoms with Crippen molar-refractivity contribution in [1.29, 1.82) is 0 Å². The van der Waals surface area contributed by atoms with Gasteiger partial charge in [0.1, 0.15) is 6.29 Å². The topological polar surface area (TPSA) is 43.1 Å². The number of hydrogen-bond acceptors (Lipinski definition) is 2. The van der Waals surface area contributed by atoms with Gasteiger partial charge in [-0.1, -0.05) is 11.6 Å². The molecule has 0 unspecified atom stereocenters. The maximum Gasteiger partial charge on any atom is 0.150 e. The molecule has 0 heterocycles. The Morgan fingerprint density at radius 1 is 1.55 bits per heavy atom. The summed E-state index contributed by atoms with van der Waals surface area (Å²) in [7, 11) is 0. The third-order valence-corrected chi connectivity index (χ3v) is 1.84. The summed E-state index contributed by atoms with van der Waals surface area (Å²) in [4.78, 5) is 10.4. The van der Waals surface area contributed by atoms with E-state index in [4.69, 9.17) is 17.3 Å². The summed E-state index contributed by atoms with van der Waals surface area (Å²) in [5, 5.41) is 0.494. The molecule has 0 spiro atoms. The van der Waals surface area contributed by atoms with E-state index in [1.165, 1.54) is 0 Å². The van der Waals surface area contributed by atoms with Gasteiger partial charge in [0.15, 0.2) is 0 Å².